The monoisotopic (exact) mass is 278 g/mol. The van der Waals surface area contributed by atoms with Crippen molar-refractivity contribution < 1.29 is 4.79 Å². The van der Waals surface area contributed by atoms with Gasteiger partial charge in [-0.15, -0.1) is 0 Å². The van der Waals surface area contributed by atoms with Crippen molar-refractivity contribution in [1.29, 1.82) is 0 Å². The van der Waals surface area contributed by atoms with Crippen LogP contribution < -0.4 is 10.6 Å². The van der Waals surface area contributed by atoms with Gasteiger partial charge in [-0.1, -0.05) is 24.6 Å². The molecule has 1 aromatic carbocycles. The topological polar surface area (TPSA) is 69.8 Å². The van der Waals surface area contributed by atoms with Crippen molar-refractivity contribution in [2.24, 2.45) is 0 Å². The minimum absolute atomic E-state index is 0.334. The zero-order valence-electron chi connectivity index (χ0n) is 10.7. The lowest BCUT2D eigenvalue weighted by atomic mass is 10.2. The molecule has 0 spiro atoms. The van der Waals surface area contributed by atoms with E-state index < -0.39 is 0 Å². The standard InChI is InChI=1S/C13H15ClN4O/c1-3-9-7-15-18-12(9)17-13(19)16-10-5-4-8(2)11(14)6-10/h4-7H,3H2,1-2H3,(H3,15,16,17,18,19). The molecule has 6 heteroatoms. The number of H-pyrrole nitrogens is 1. The van der Waals surface area contributed by atoms with Crippen molar-refractivity contribution in [1.82, 2.24) is 10.2 Å². The maximum atomic E-state index is 11.8. The summed E-state index contributed by atoms with van der Waals surface area (Å²) in [4.78, 5) is 11.8. The van der Waals surface area contributed by atoms with E-state index in [-0.39, 0.29) is 6.03 Å². The highest BCUT2D eigenvalue weighted by atomic mass is 35.5. The van der Waals surface area contributed by atoms with Crippen molar-refractivity contribution in [3.8, 4) is 0 Å². The minimum Gasteiger partial charge on any atom is -0.308 e. The Hall–Kier alpha value is -2.01. The molecule has 0 atom stereocenters. The molecule has 0 fully saturated rings. The van der Waals surface area contributed by atoms with Crippen LogP contribution >= 0.6 is 11.6 Å². The zero-order valence-corrected chi connectivity index (χ0v) is 11.5. The van der Waals surface area contributed by atoms with Gasteiger partial charge in [-0.3, -0.25) is 10.4 Å². The summed E-state index contributed by atoms with van der Waals surface area (Å²) in [5.74, 6) is 0.609. The number of aryl methyl sites for hydroxylation is 2. The Morgan fingerprint density at radius 3 is 2.89 bits per heavy atom. The fourth-order valence-corrected chi connectivity index (χ4v) is 1.81. The first-order valence-corrected chi connectivity index (χ1v) is 6.34. The van der Waals surface area contributed by atoms with Gasteiger partial charge in [0.1, 0.15) is 5.82 Å². The maximum absolute atomic E-state index is 11.8. The molecular weight excluding hydrogens is 264 g/mol. The molecule has 0 saturated heterocycles. The number of urea groups is 1. The number of rotatable bonds is 3. The van der Waals surface area contributed by atoms with Crippen LogP contribution in [0.4, 0.5) is 16.3 Å². The summed E-state index contributed by atoms with van der Waals surface area (Å²) in [6, 6.07) is 5.03. The predicted molar refractivity (Wildman–Crippen MR) is 76.8 cm³/mol. The van der Waals surface area contributed by atoms with Crippen LogP contribution in [0.3, 0.4) is 0 Å². The number of anilines is 2. The fraction of sp³-hybridized carbons (Fsp3) is 0.231. The largest absolute Gasteiger partial charge is 0.324 e. The number of amides is 2. The molecule has 0 bridgehead atoms. The number of carbonyl (C=O) groups excluding carboxylic acids is 1. The molecule has 2 amide bonds. The summed E-state index contributed by atoms with van der Waals surface area (Å²) in [5.41, 5.74) is 2.57. The van der Waals surface area contributed by atoms with Gasteiger partial charge >= 0.3 is 6.03 Å². The lowest BCUT2D eigenvalue weighted by Crippen LogP contribution is -2.20. The number of benzene rings is 1. The number of carbonyl (C=O) groups is 1. The number of nitrogens with one attached hydrogen (secondary N) is 3. The number of aromatic amines is 1. The number of aromatic nitrogens is 2. The molecule has 100 valence electrons. The van der Waals surface area contributed by atoms with Crippen LogP contribution in [0.15, 0.2) is 24.4 Å². The Morgan fingerprint density at radius 1 is 1.42 bits per heavy atom. The van der Waals surface area contributed by atoms with E-state index in [2.05, 4.69) is 20.8 Å². The number of hydrogen-bond acceptors (Lipinski definition) is 2. The van der Waals surface area contributed by atoms with Crippen LogP contribution in [0.5, 0.6) is 0 Å². The third-order valence-corrected chi connectivity index (χ3v) is 3.17. The predicted octanol–water partition coefficient (Wildman–Crippen LogP) is 3.58. The summed E-state index contributed by atoms with van der Waals surface area (Å²) in [6.07, 6.45) is 2.49. The highest BCUT2D eigenvalue weighted by molar-refractivity contribution is 6.31. The summed E-state index contributed by atoms with van der Waals surface area (Å²) in [5, 5.41) is 12.7. The van der Waals surface area contributed by atoms with Crippen LogP contribution in [0.1, 0.15) is 18.1 Å². The average molecular weight is 279 g/mol. The highest BCUT2D eigenvalue weighted by Gasteiger charge is 2.08. The molecule has 0 radical (unpaired) electrons. The number of nitrogens with zero attached hydrogens (tertiary/aromatic N) is 1. The van der Waals surface area contributed by atoms with E-state index in [1.54, 1.807) is 18.3 Å². The van der Waals surface area contributed by atoms with E-state index in [1.807, 2.05) is 19.9 Å². The summed E-state index contributed by atoms with van der Waals surface area (Å²) in [7, 11) is 0. The SMILES string of the molecule is CCc1cn[nH]c1NC(=O)Nc1ccc(C)c(Cl)c1. The second-order valence-corrected chi connectivity index (χ2v) is 4.57. The molecule has 5 nitrogen and oxygen atoms in total. The summed E-state index contributed by atoms with van der Waals surface area (Å²) < 4.78 is 0. The first-order chi connectivity index (χ1) is 9.10. The zero-order chi connectivity index (χ0) is 13.8. The fourth-order valence-electron chi connectivity index (χ4n) is 1.63. The van der Waals surface area contributed by atoms with E-state index in [0.717, 1.165) is 17.5 Å². The van der Waals surface area contributed by atoms with Gasteiger partial charge < -0.3 is 5.32 Å². The van der Waals surface area contributed by atoms with Gasteiger partial charge in [0.15, 0.2) is 0 Å². The van der Waals surface area contributed by atoms with Gasteiger partial charge in [-0.05, 0) is 31.0 Å². The lowest BCUT2D eigenvalue weighted by Gasteiger charge is -2.08. The van der Waals surface area contributed by atoms with E-state index in [4.69, 9.17) is 11.6 Å². The second kappa shape index (κ2) is 5.75. The Morgan fingerprint density at radius 2 is 2.21 bits per heavy atom. The van der Waals surface area contributed by atoms with Crippen molar-refractivity contribution in [2.75, 3.05) is 10.6 Å². The molecule has 0 aliphatic heterocycles. The quantitative estimate of drug-likeness (QED) is 0.803. The Bertz CT molecular complexity index is 594. The molecular formula is C13H15ClN4O. The van der Waals surface area contributed by atoms with Gasteiger partial charge in [0.25, 0.3) is 0 Å². The van der Waals surface area contributed by atoms with Crippen LogP contribution in [-0.2, 0) is 6.42 Å². The van der Waals surface area contributed by atoms with E-state index in [1.165, 1.54) is 0 Å². The molecule has 3 N–H and O–H groups in total. The Balaban J connectivity index is 2.03. The normalized spacial score (nSPS) is 10.3. The van der Waals surface area contributed by atoms with Crippen LogP contribution in [-0.4, -0.2) is 16.2 Å². The molecule has 1 heterocycles. The number of halogens is 1. The lowest BCUT2D eigenvalue weighted by molar-refractivity contribution is 0.262. The summed E-state index contributed by atoms with van der Waals surface area (Å²) in [6.45, 7) is 3.90. The molecule has 19 heavy (non-hydrogen) atoms. The minimum atomic E-state index is -0.334. The molecule has 0 unspecified atom stereocenters. The smallest absolute Gasteiger partial charge is 0.308 e. The third-order valence-electron chi connectivity index (χ3n) is 2.77. The van der Waals surface area contributed by atoms with Crippen LogP contribution in [0, 0.1) is 6.92 Å². The van der Waals surface area contributed by atoms with Crippen molar-refractivity contribution in [2.45, 2.75) is 20.3 Å². The van der Waals surface area contributed by atoms with E-state index in [9.17, 15) is 4.79 Å². The number of hydrogen-bond donors (Lipinski definition) is 3. The second-order valence-electron chi connectivity index (χ2n) is 4.17. The first-order valence-electron chi connectivity index (χ1n) is 5.96. The van der Waals surface area contributed by atoms with Gasteiger partial charge in [0.2, 0.25) is 0 Å². The van der Waals surface area contributed by atoms with Gasteiger partial charge in [-0.2, -0.15) is 5.10 Å². The van der Waals surface area contributed by atoms with Crippen LogP contribution in [0.2, 0.25) is 5.02 Å². The molecule has 0 saturated carbocycles. The Kier molecular flexibility index (Phi) is 4.06. The molecule has 1 aromatic heterocycles. The summed E-state index contributed by atoms with van der Waals surface area (Å²) >= 11 is 6.00. The third kappa shape index (κ3) is 3.26. The van der Waals surface area contributed by atoms with Crippen LogP contribution in [0.25, 0.3) is 0 Å². The average Bonchev–Trinajstić information content (AvgIpc) is 2.81. The van der Waals surface area contributed by atoms with E-state index in [0.29, 0.717) is 16.5 Å². The van der Waals surface area contributed by atoms with Gasteiger partial charge in [-0.25, -0.2) is 4.79 Å². The molecule has 0 aliphatic carbocycles. The van der Waals surface area contributed by atoms with Crippen molar-refractivity contribution in [3.63, 3.8) is 0 Å². The van der Waals surface area contributed by atoms with E-state index >= 15 is 0 Å². The van der Waals surface area contributed by atoms with Gasteiger partial charge in [0.05, 0.1) is 6.20 Å². The first kappa shape index (κ1) is 13.4. The molecule has 2 rings (SSSR count). The van der Waals surface area contributed by atoms with Gasteiger partial charge in [0, 0.05) is 16.3 Å². The van der Waals surface area contributed by atoms with Crippen molar-refractivity contribution in [3.05, 3.63) is 40.5 Å². The Labute approximate surface area is 116 Å². The highest BCUT2D eigenvalue weighted by Crippen LogP contribution is 2.20. The molecule has 0 aliphatic rings. The maximum Gasteiger partial charge on any atom is 0.324 e. The van der Waals surface area contributed by atoms with Crippen molar-refractivity contribution >= 4 is 29.1 Å². The molecule has 2 aromatic rings.